The van der Waals surface area contributed by atoms with Crippen molar-refractivity contribution in [2.75, 3.05) is 19.5 Å². The maximum absolute atomic E-state index is 13.5. The number of nitrogens with one attached hydrogen (secondary N) is 1. The number of methoxy groups -OCH3 is 2. The SMILES string of the molecule is COc1ccc(OC)c([C@@H]2C3=C(C[C@H](c4ccccc4)CC3=O)Nc3ncnn32)c1. The van der Waals surface area contributed by atoms with E-state index in [0.717, 1.165) is 17.7 Å². The van der Waals surface area contributed by atoms with Gasteiger partial charge in [0.05, 0.1) is 14.2 Å². The van der Waals surface area contributed by atoms with Crippen LogP contribution in [0.15, 0.2) is 66.1 Å². The van der Waals surface area contributed by atoms with Crippen LogP contribution in [-0.4, -0.2) is 34.8 Å². The Morgan fingerprint density at radius 3 is 2.67 bits per heavy atom. The highest BCUT2D eigenvalue weighted by molar-refractivity contribution is 6.00. The highest BCUT2D eigenvalue weighted by Gasteiger charge is 2.40. The van der Waals surface area contributed by atoms with Crippen LogP contribution in [0.5, 0.6) is 11.5 Å². The van der Waals surface area contributed by atoms with Gasteiger partial charge in [-0.1, -0.05) is 30.3 Å². The largest absolute Gasteiger partial charge is 0.497 e. The molecule has 1 aliphatic carbocycles. The zero-order chi connectivity index (χ0) is 20.7. The smallest absolute Gasteiger partial charge is 0.226 e. The van der Waals surface area contributed by atoms with Gasteiger partial charge in [-0.05, 0) is 36.1 Å². The molecular formula is C23H22N4O3. The van der Waals surface area contributed by atoms with E-state index in [1.54, 1.807) is 18.9 Å². The van der Waals surface area contributed by atoms with Crippen LogP contribution in [0, 0.1) is 0 Å². The van der Waals surface area contributed by atoms with Crippen molar-refractivity contribution in [2.45, 2.75) is 24.8 Å². The first-order chi connectivity index (χ1) is 14.7. The Morgan fingerprint density at radius 2 is 1.90 bits per heavy atom. The predicted octanol–water partition coefficient (Wildman–Crippen LogP) is 3.71. The molecule has 2 aromatic carbocycles. The van der Waals surface area contributed by atoms with Gasteiger partial charge in [0, 0.05) is 23.3 Å². The van der Waals surface area contributed by atoms with Crippen molar-refractivity contribution in [3.05, 3.63) is 77.3 Å². The fourth-order valence-corrected chi connectivity index (χ4v) is 4.45. The molecule has 2 heterocycles. The molecule has 30 heavy (non-hydrogen) atoms. The second-order valence-corrected chi connectivity index (χ2v) is 7.49. The van der Waals surface area contributed by atoms with Gasteiger partial charge < -0.3 is 14.8 Å². The van der Waals surface area contributed by atoms with Gasteiger partial charge in [0.25, 0.3) is 0 Å². The lowest BCUT2D eigenvalue weighted by Crippen LogP contribution is -2.33. The number of fused-ring (bicyclic) bond motifs is 1. The lowest BCUT2D eigenvalue weighted by Gasteiger charge is -2.35. The second-order valence-electron chi connectivity index (χ2n) is 7.49. The number of rotatable bonds is 4. The van der Waals surface area contributed by atoms with Crippen LogP contribution < -0.4 is 14.8 Å². The fraction of sp³-hybridized carbons (Fsp3) is 0.261. The quantitative estimate of drug-likeness (QED) is 0.717. The van der Waals surface area contributed by atoms with E-state index in [9.17, 15) is 4.79 Å². The van der Waals surface area contributed by atoms with E-state index in [2.05, 4.69) is 27.5 Å². The summed E-state index contributed by atoms with van der Waals surface area (Å²) in [4.78, 5) is 17.8. The number of hydrogen-bond acceptors (Lipinski definition) is 6. The van der Waals surface area contributed by atoms with Crippen molar-refractivity contribution in [3.63, 3.8) is 0 Å². The van der Waals surface area contributed by atoms with Crippen molar-refractivity contribution in [2.24, 2.45) is 0 Å². The predicted molar refractivity (Wildman–Crippen MR) is 112 cm³/mol. The van der Waals surface area contributed by atoms with Crippen LogP contribution in [0.2, 0.25) is 0 Å². The molecule has 2 aliphatic rings. The van der Waals surface area contributed by atoms with E-state index < -0.39 is 6.04 Å². The number of carbonyl (C=O) groups is 1. The molecule has 0 saturated heterocycles. The number of anilines is 1. The number of ether oxygens (including phenoxy) is 2. The Labute approximate surface area is 174 Å². The molecule has 0 bridgehead atoms. The van der Waals surface area contributed by atoms with Crippen LogP contribution >= 0.6 is 0 Å². The minimum Gasteiger partial charge on any atom is -0.497 e. The molecule has 152 valence electrons. The maximum Gasteiger partial charge on any atom is 0.226 e. The minimum absolute atomic E-state index is 0.105. The number of aromatic nitrogens is 3. The average molecular weight is 402 g/mol. The van der Waals surface area contributed by atoms with E-state index in [1.165, 1.54) is 11.9 Å². The normalized spacial score (nSPS) is 20.3. The third-order valence-electron chi connectivity index (χ3n) is 5.86. The van der Waals surface area contributed by atoms with Crippen LogP contribution in [-0.2, 0) is 4.79 Å². The topological polar surface area (TPSA) is 78.3 Å². The molecule has 3 aromatic rings. The number of benzene rings is 2. The monoisotopic (exact) mass is 402 g/mol. The van der Waals surface area contributed by atoms with Crippen molar-refractivity contribution < 1.29 is 14.3 Å². The number of nitrogens with zero attached hydrogens (tertiary/aromatic N) is 3. The van der Waals surface area contributed by atoms with Gasteiger partial charge in [-0.3, -0.25) is 4.79 Å². The van der Waals surface area contributed by atoms with E-state index in [1.807, 2.05) is 36.4 Å². The second kappa shape index (κ2) is 7.33. The number of Topliss-reactive ketones (excluding diaryl/α,β-unsaturated/α-hetero) is 1. The maximum atomic E-state index is 13.5. The fourth-order valence-electron chi connectivity index (χ4n) is 4.45. The zero-order valence-corrected chi connectivity index (χ0v) is 16.8. The van der Waals surface area contributed by atoms with E-state index >= 15 is 0 Å². The minimum atomic E-state index is -0.423. The summed E-state index contributed by atoms with van der Waals surface area (Å²) in [7, 11) is 3.24. The summed E-state index contributed by atoms with van der Waals surface area (Å²) in [5.74, 6) is 2.22. The molecule has 0 fully saturated rings. The molecule has 1 aliphatic heterocycles. The van der Waals surface area contributed by atoms with Gasteiger partial charge in [-0.25, -0.2) is 4.68 Å². The first-order valence-electron chi connectivity index (χ1n) is 9.89. The van der Waals surface area contributed by atoms with Gasteiger partial charge in [0.15, 0.2) is 5.78 Å². The first-order valence-corrected chi connectivity index (χ1v) is 9.89. The Morgan fingerprint density at radius 1 is 1.07 bits per heavy atom. The molecule has 0 radical (unpaired) electrons. The third-order valence-corrected chi connectivity index (χ3v) is 5.86. The molecule has 7 heteroatoms. The van der Waals surface area contributed by atoms with E-state index in [4.69, 9.17) is 9.47 Å². The van der Waals surface area contributed by atoms with Crippen LogP contribution in [0.3, 0.4) is 0 Å². The summed E-state index contributed by atoms with van der Waals surface area (Å²) in [6.45, 7) is 0. The van der Waals surface area contributed by atoms with Gasteiger partial charge >= 0.3 is 0 Å². The highest BCUT2D eigenvalue weighted by atomic mass is 16.5. The van der Waals surface area contributed by atoms with Crippen molar-refractivity contribution >= 4 is 11.7 Å². The standard InChI is InChI=1S/C23H22N4O3/c1-29-16-8-9-20(30-2)17(12-16)22-21-18(26-23-24-13-25-27(22)23)10-15(11-19(21)28)14-6-4-3-5-7-14/h3-9,12-13,15,22H,10-11H2,1-2H3,(H,24,25,26)/t15-,22+/m0/s1. The lowest BCUT2D eigenvalue weighted by atomic mass is 9.78. The number of ketones is 1. The van der Waals surface area contributed by atoms with Gasteiger partial charge in [-0.15, -0.1) is 0 Å². The van der Waals surface area contributed by atoms with Gasteiger partial charge in [-0.2, -0.15) is 10.1 Å². The summed E-state index contributed by atoms with van der Waals surface area (Å²) in [5, 5.41) is 7.76. The van der Waals surface area contributed by atoms with Crippen LogP contribution in [0.1, 0.15) is 35.9 Å². The average Bonchev–Trinajstić information content (AvgIpc) is 3.26. The third kappa shape index (κ3) is 2.94. The molecule has 2 atom stereocenters. The molecular weight excluding hydrogens is 380 g/mol. The lowest BCUT2D eigenvalue weighted by molar-refractivity contribution is -0.116. The van der Waals surface area contributed by atoms with Crippen LogP contribution in [0.25, 0.3) is 0 Å². The molecule has 0 spiro atoms. The van der Waals surface area contributed by atoms with Crippen molar-refractivity contribution in [3.8, 4) is 11.5 Å². The molecule has 0 amide bonds. The Balaban J connectivity index is 1.65. The van der Waals surface area contributed by atoms with Crippen molar-refractivity contribution in [1.82, 2.24) is 14.8 Å². The number of allylic oxidation sites excluding steroid dienone is 2. The Hall–Kier alpha value is -3.61. The number of hydrogen-bond donors (Lipinski definition) is 1. The van der Waals surface area contributed by atoms with E-state index in [-0.39, 0.29) is 11.7 Å². The van der Waals surface area contributed by atoms with Gasteiger partial charge in [0.2, 0.25) is 5.95 Å². The van der Waals surface area contributed by atoms with E-state index in [0.29, 0.717) is 29.4 Å². The molecule has 5 rings (SSSR count). The highest BCUT2D eigenvalue weighted by Crippen LogP contribution is 2.46. The van der Waals surface area contributed by atoms with Crippen LogP contribution in [0.4, 0.5) is 5.95 Å². The summed E-state index contributed by atoms with van der Waals surface area (Å²) in [6, 6.07) is 15.4. The molecule has 1 aromatic heterocycles. The summed E-state index contributed by atoms with van der Waals surface area (Å²) in [6.07, 6.45) is 2.69. The van der Waals surface area contributed by atoms with Crippen molar-refractivity contribution in [1.29, 1.82) is 0 Å². The molecule has 0 unspecified atom stereocenters. The Bertz CT molecular complexity index is 1140. The summed E-state index contributed by atoms with van der Waals surface area (Å²) >= 11 is 0. The first kappa shape index (κ1) is 18.4. The molecule has 7 nitrogen and oxygen atoms in total. The molecule has 0 saturated carbocycles. The Kier molecular flexibility index (Phi) is 4.50. The zero-order valence-electron chi connectivity index (χ0n) is 16.8. The number of carbonyl (C=O) groups excluding carboxylic acids is 1. The summed E-state index contributed by atoms with van der Waals surface area (Å²) < 4.78 is 12.8. The summed E-state index contributed by atoms with van der Waals surface area (Å²) in [5.41, 5.74) is 3.60. The molecule has 1 N–H and O–H groups in total. The van der Waals surface area contributed by atoms with Gasteiger partial charge in [0.1, 0.15) is 23.9 Å².